The molecule has 0 saturated heterocycles. The molecule has 0 heterocycles. The highest BCUT2D eigenvalue weighted by Crippen LogP contribution is 2.15. The van der Waals surface area contributed by atoms with Gasteiger partial charge in [-0.1, -0.05) is 30.3 Å². The van der Waals surface area contributed by atoms with E-state index < -0.39 is 0 Å². The zero-order chi connectivity index (χ0) is 17.1. The monoisotopic (exact) mass is 320 g/mol. The maximum absolute atomic E-state index is 5.32. The van der Waals surface area contributed by atoms with E-state index in [2.05, 4.69) is 66.0 Å². The maximum Gasteiger partial charge on any atom is 0.191 e. The van der Waals surface area contributed by atoms with Crippen LogP contribution in [0.3, 0.4) is 0 Å². The van der Waals surface area contributed by atoms with Crippen molar-refractivity contribution in [3.05, 3.63) is 35.9 Å². The third kappa shape index (κ3) is 8.00. The van der Waals surface area contributed by atoms with Gasteiger partial charge in [0, 0.05) is 38.3 Å². The van der Waals surface area contributed by atoms with E-state index in [-0.39, 0.29) is 5.54 Å². The Hall–Kier alpha value is -1.59. The first-order valence-corrected chi connectivity index (χ1v) is 8.33. The van der Waals surface area contributed by atoms with E-state index in [0.717, 1.165) is 25.7 Å². The molecule has 130 valence electrons. The van der Waals surface area contributed by atoms with Crippen LogP contribution in [-0.2, 0) is 4.74 Å². The lowest BCUT2D eigenvalue weighted by molar-refractivity contribution is 0.152. The van der Waals surface area contributed by atoms with E-state index >= 15 is 0 Å². The molecule has 0 bridgehead atoms. The summed E-state index contributed by atoms with van der Waals surface area (Å²) in [5.41, 5.74) is 1.23. The van der Waals surface area contributed by atoms with Gasteiger partial charge >= 0.3 is 0 Å². The summed E-state index contributed by atoms with van der Waals surface area (Å²) < 4.78 is 5.32. The molecule has 1 rings (SSSR count). The van der Waals surface area contributed by atoms with Crippen LogP contribution in [0, 0.1) is 0 Å². The Labute approximate surface area is 140 Å². The van der Waals surface area contributed by atoms with Crippen molar-refractivity contribution in [3.8, 4) is 0 Å². The van der Waals surface area contributed by atoms with Crippen molar-refractivity contribution in [3.63, 3.8) is 0 Å². The molecule has 1 aromatic rings. The number of guanidine groups is 1. The van der Waals surface area contributed by atoms with Crippen LogP contribution in [0.2, 0.25) is 0 Å². The Morgan fingerprint density at radius 3 is 2.52 bits per heavy atom. The van der Waals surface area contributed by atoms with E-state index in [0.29, 0.717) is 12.6 Å². The summed E-state index contributed by atoms with van der Waals surface area (Å²) in [4.78, 5) is 4.24. The maximum atomic E-state index is 5.32. The number of nitrogens with one attached hydrogen (secondary N) is 3. The van der Waals surface area contributed by atoms with Gasteiger partial charge in [-0.3, -0.25) is 4.99 Å². The molecule has 0 amide bonds. The molecule has 0 fully saturated rings. The van der Waals surface area contributed by atoms with Gasteiger partial charge < -0.3 is 20.7 Å². The molecular formula is C18H32N4O. The fraction of sp³-hybridized carbons (Fsp3) is 0.611. The largest absolute Gasteiger partial charge is 0.380 e. The highest BCUT2D eigenvalue weighted by molar-refractivity contribution is 5.79. The summed E-state index contributed by atoms with van der Waals surface area (Å²) in [5.74, 6) is 0.798. The predicted octanol–water partition coefficient (Wildman–Crippen LogP) is 2.32. The number of hydrogen-bond donors (Lipinski definition) is 3. The lowest BCUT2D eigenvalue weighted by atomic mass is 10.0. The molecule has 5 heteroatoms. The van der Waals surface area contributed by atoms with Crippen LogP contribution >= 0.6 is 0 Å². The second kappa shape index (κ2) is 10.2. The zero-order valence-electron chi connectivity index (χ0n) is 15.1. The topological polar surface area (TPSA) is 57.7 Å². The van der Waals surface area contributed by atoms with Gasteiger partial charge in [-0.2, -0.15) is 0 Å². The van der Waals surface area contributed by atoms with Gasteiger partial charge in [-0.15, -0.1) is 0 Å². The molecule has 0 aliphatic carbocycles. The summed E-state index contributed by atoms with van der Waals surface area (Å²) >= 11 is 0. The number of hydrogen-bond acceptors (Lipinski definition) is 3. The zero-order valence-corrected chi connectivity index (χ0v) is 15.1. The average molecular weight is 320 g/mol. The number of rotatable bonds is 9. The first-order valence-electron chi connectivity index (χ1n) is 8.33. The van der Waals surface area contributed by atoms with Crippen LogP contribution in [0.4, 0.5) is 0 Å². The van der Waals surface area contributed by atoms with Gasteiger partial charge in [0.1, 0.15) is 0 Å². The Morgan fingerprint density at radius 1 is 1.22 bits per heavy atom. The summed E-state index contributed by atoms with van der Waals surface area (Å²) in [6.07, 6.45) is 0. The minimum Gasteiger partial charge on any atom is -0.380 e. The second-order valence-electron chi connectivity index (χ2n) is 6.21. The van der Waals surface area contributed by atoms with Gasteiger partial charge in [0.15, 0.2) is 5.96 Å². The van der Waals surface area contributed by atoms with Crippen molar-refractivity contribution in [1.82, 2.24) is 16.0 Å². The predicted molar refractivity (Wildman–Crippen MR) is 97.9 cm³/mol. The van der Waals surface area contributed by atoms with E-state index in [4.69, 9.17) is 4.74 Å². The van der Waals surface area contributed by atoms with Gasteiger partial charge in [0.25, 0.3) is 0 Å². The molecule has 1 atom stereocenters. The standard InChI is InChI=1S/C18H32N4O/c1-6-23-13-12-20-17(19-5)21-14-18(3,4)22-15(2)16-10-8-7-9-11-16/h7-11,15,22H,6,12-14H2,1-5H3,(H2,19,20,21). The molecule has 23 heavy (non-hydrogen) atoms. The average Bonchev–Trinajstić information content (AvgIpc) is 2.54. The highest BCUT2D eigenvalue weighted by atomic mass is 16.5. The van der Waals surface area contributed by atoms with E-state index in [9.17, 15) is 0 Å². The van der Waals surface area contributed by atoms with Crippen molar-refractivity contribution in [2.45, 2.75) is 39.3 Å². The van der Waals surface area contributed by atoms with Crippen LogP contribution in [-0.4, -0.2) is 44.8 Å². The number of benzene rings is 1. The summed E-state index contributed by atoms with van der Waals surface area (Å²) in [6.45, 7) is 11.5. The molecule has 0 saturated carbocycles. The van der Waals surface area contributed by atoms with Crippen molar-refractivity contribution in [1.29, 1.82) is 0 Å². The van der Waals surface area contributed by atoms with Crippen molar-refractivity contribution < 1.29 is 4.74 Å². The van der Waals surface area contributed by atoms with Gasteiger partial charge in [0.05, 0.1) is 6.61 Å². The molecule has 1 unspecified atom stereocenters. The number of aliphatic imine (C=N–C) groups is 1. The second-order valence-corrected chi connectivity index (χ2v) is 6.21. The van der Waals surface area contributed by atoms with Gasteiger partial charge in [-0.25, -0.2) is 0 Å². The van der Waals surface area contributed by atoms with Crippen LogP contribution in [0.25, 0.3) is 0 Å². The Morgan fingerprint density at radius 2 is 1.91 bits per heavy atom. The number of nitrogens with zero attached hydrogens (tertiary/aromatic N) is 1. The molecule has 3 N–H and O–H groups in total. The number of ether oxygens (including phenoxy) is 1. The lowest BCUT2D eigenvalue weighted by Crippen LogP contribution is -2.52. The van der Waals surface area contributed by atoms with Crippen molar-refractivity contribution >= 4 is 5.96 Å². The molecule has 5 nitrogen and oxygen atoms in total. The first-order chi connectivity index (χ1) is 11.0. The fourth-order valence-electron chi connectivity index (χ4n) is 2.37. The minimum atomic E-state index is -0.0627. The van der Waals surface area contributed by atoms with Crippen molar-refractivity contribution in [2.24, 2.45) is 4.99 Å². The molecule has 0 aliphatic rings. The van der Waals surface area contributed by atoms with Crippen molar-refractivity contribution in [2.75, 3.05) is 33.4 Å². The molecule has 0 aliphatic heterocycles. The van der Waals surface area contributed by atoms with Crippen LogP contribution in [0.1, 0.15) is 39.3 Å². The van der Waals surface area contributed by atoms with Gasteiger partial charge in [-0.05, 0) is 33.3 Å². The SMILES string of the molecule is CCOCCNC(=NC)NCC(C)(C)NC(C)c1ccccc1. The Kier molecular flexibility index (Phi) is 8.66. The van der Waals surface area contributed by atoms with Gasteiger partial charge in [0.2, 0.25) is 0 Å². The molecule has 0 aromatic heterocycles. The van der Waals surface area contributed by atoms with E-state index in [1.807, 2.05) is 13.0 Å². The van der Waals surface area contributed by atoms with Crippen LogP contribution in [0.15, 0.2) is 35.3 Å². The first kappa shape index (κ1) is 19.5. The summed E-state index contributed by atoms with van der Waals surface area (Å²) in [7, 11) is 1.78. The molecule has 0 radical (unpaired) electrons. The summed E-state index contributed by atoms with van der Waals surface area (Å²) in [5, 5.41) is 10.3. The Balaban J connectivity index is 2.41. The smallest absolute Gasteiger partial charge is 0.191 e. The highest BCUT2D eigenvalue weighted by Gasteiger charge is 2.21. The fourth-order valence-corrected chi connectivity index (χ4v) is 2.37. The molecule has 1 aromatic carbocycles. The van der Waals surface area contributed by atoms with E-state index in [1.165, 1.54) is 5.56 Å². The third-order valence-electron chi connectivity index (χ3n) is 3.57. The third-order valence-corrected chi connectivity index (χ3v) is 3.57. The molecule has 0 spiro atoms. The minimum absolute atomic E-state index is 0.0627. The van der Waals surface area contributed by atoms with Crippen LogP contribution in [0.5, 0.6) is 0 Å². The Bertz CT molecular complexity index is 459. The molecular weight excluding hydrogens is 288 g/mol. The normalized spacial score (nSPS) is 13.7. The summed E-state index contributed by atoms with van der Waals surface area (Å²) in [6, 6.07) is 10.8. The van der Waals surface area contributed by atoms with Crippen LogP contribution < -0.4 is 16.0 Å². The quantitative estimate of drug-likeness (QED) is 0.371. The van der Waals surface area contributed by atoms with E-state index in [1.54, 1.807) is 7.05 Å². The lowest BCUT2D eigenvalue weighted by Gasteiger charge is -2.31.